The Bertz CT molecular complexity index is 1150. The van der Waals surface area contributed by atoms with E-state index in [1.165, 1.54) is 12.5 Å². The second kappa shape index (κ2) is 9.47. The third kappa shape index (κ3) is 4.60. The summed E-state index contributed by atoms with van der Waals surface area (Å²) >= 11 is 0. The zero-order valence-corrected chi connectivity index (χ0v) is 17.7. The van der Waals surface area contributed by atoms with Gasteiger partial charge in [0, 0.05) is 11.6 Å². The number of carbonyl (C=O) groups excluding carboxylic acids is 1. The van der Waals surface area contributed by atoms with Crippen molar-refractivity contribution in [2.24, 2.45) is 0 Å². The molecule has 31 heavy (non-hydrogen) atoms. The quantitative estimate of drug-likeness (QED) is 0.276. The molecule has 0 fully saturated rings. The van der Waals surface area contributed by atoms with E-state index in [4.69, 9.17) is 13.9 Å². The number of Topliss-reactive ketones (excluding diaryl/α,β-unsaturated/α-hetero) is 1. The van der Waals surface area contributed by atoms with E-state index in [2.05, 4.69) is 22.4 Å². The van der Waals surface area contributed by atoms with Crippen LogP contribution in [0.2, 0.25) is 0 Å². The number of ether oxygens (including phenoxy) is 2. The van der Waals surface area contributed by atoms with Gasteiger partial charge in [-0.2, -0.15) is 0 Å². The van der Waals surface area contributed by atoms with Crippen LogP contribution in [-0.4, -0.2) is 34.0 Å². The first-order valence-corrected chi connectivity index (χ1v) is 10.3. The molecule has 2 aromatic heterocycles. The maximum absolute atomic E-state index is 12.5. The Morgan fingerprint density at radius 2 is 1.90 bits per heavy atom. The summed E-state index contributed by atoms with van der Waals surface area (Å²) in [6.07, 6.45) is 6.71. The molecule has 7 nitrogen and oxygen atoms in total. The van der Waals surface area contributed by atoms with Crippen molar-refractivity contribution in [1.82, 2.24) is 15.0 Å². The van der Waals surface area contributed by atoms with Gasteiger partial charge in [-0.1, -0.05) is 35.5 Å². The highest BCUT2D eigenvalue weighted by Crippen LogP contribution is 2.43. The zero-order valence-electron chi connectivity index (χ0n) is 17.7. The number of rotatable bonds is 10. The Balaban J connectivity index is 1.58. The van der Waals surface area contributed by atoms with E-state index in [9.17, 15) is 4.79 Å². The van der Waals surface area contributed by atoms with Crippen LogP contribution in [0, 0.1) is 6.92 Å². The molecule has 0 saturated carbocycles. The molecule has 0 saturated heterocycles. The van der Waals surface area contributed by atoms with Crippen molar-refractivity contribution < 1.29 is 18.7 Å². The lowest BCUT2D eigenvalue weighted by molar-refractivity contribution is 0.101. The monoisotopic (exact) mass is 419 g/mol. The number of hydrogen-bond donors (Lipinski definition) is 0. The Morgan fingerprint density at radius 1 is 1.10 bits per heavy atom. The molecule has 7 heteroatoms. The van der Waals surface area contributed by atoms with Gasteiger partial charge in [-0.15, -0.1) is 5.10 Å². The Labute approximate surface area is 180 Å². The maximum Gasteiger partial charge on any atom is 0.205 e. The van der Waals surface area contributed by atoms with Crippen LogP contribution in [0.5, 0.6) is 11.5 Å². The standard InChI is InChI=1S/C24H25N3O4/c1-17-20-10-15-30-22(20)24(29-14-6-9-19-7-4-3-5-8-19)23(21(17)18(2)28)31-16-13-27-12-11-25-26-27/h3-5,7-8,10-12,15H,6,9,13-14,16H2,1-2H3. The van der Waals surface area contributed by atoms with Crippen LogP contribution in [0.4, 0.5) is 0 Å². The average molecular weight is 419 g/mol. The highest BCUT2D eigenvalue weighted by atomic mass is 16.5. The molecular weight excluding hydrogens is 394 g/mol. The summed E-state index contributed by atoms with van der Waals surface area (Å²) in [4.78, 5) is 12.5. The fraction of sp³-hybridized carbons (Fsp3) is 0.292. The minimum absolute atomic E-state index is 0.0782. The molecule has 0 atom stereocenters. The van der Waals surface area contributed by atoms with Gasteiger partial charge >= 0.3 is 0 Å². The number of ketones is 1. The molecule has 0 radical (unpaired) electrons. The minimum Gasteiger partial charge on any atom is -0.487 e. The molecular formula is C24H25N3O4. The SMILES string of the molecule is CC(=O)c1c(OCCn2ccnn2)c(OCCCc2ccccc2)c2occc2c1C. The van der Waals surface area contributed by atoms with E-state index < -0.39 is 0 Å². The van der Waals surface area contributed by atoms with Crippen molar-refractivity contribution in [2.45, 2.75) is 33.2 Å². The first-order valence-electron chi connectivity index (χ1n) is 10.3. The van der Waals surface area contributed by atoms with Gasteiger partial charge in [0.05, 0.1) is 31.2 Å². The predicted octanol–water partition coefficient (Wildman–Crippen LogP) is 4.63. The van der Waals surface area contributed by atoms with E-state index in [-0.39, 0.29) is 5.78 Å². The van der Waals surface area contributed by atoms with Crippen LogP contribution in [0.1, 0.15) is 34.8 Å². The van der Waals surface area contributed by atoms with Crippen molar-refractivity contribution >= 4 is 16.8 Å². The maximum atomic E-state index is 12.5. The number of hydrogen-bond acceptors (Lipinski definition) is 6. The smallest absolute Gasteiger partial charge is 0.205 e. The molecule has 0 amide bonds. The Hall–Kier alpha value is -3.61. The second-order valence-electron chi connectivity index (χ2n) is 7.33. The number of carbonyl (C=O) groups is 1. The summed E-state index contributed by atoms with van der Waals surface area (Å²) in [7, 11) is 0. The van der Waals surface area contributed by atoms with E-state index in [0.29, 0.717) is 42.4 Å². The average Bonchev–Trinajstić information content (AvgIpc) is 3.46. The van der Waals surface area contributed by atoms with Gasteiger partial charge in [0.25, 0.3) is 0 Å². The molecule has 0 bridgehead atoms. The Kier molecular flexibility index (Phi) is 6.31. The van der Waals surface area contributed by atoms with Crippen LogP contribution in [0.3, 0.4) is 0 Å². The third-order valence-corrected chi connectivity index (χ3v) is 5.17. The molecule has 0 aliphatic carbocycles. The van der Waals surface area contributed by atoms with Gasteiger partial charge in [-0.05, 0) is 43.9 Å². The molecule has 160 valence electrons. The zero-order chi connectivity index (χ0) is 21.6. The summed E-state index contributed by atoms with van der Waals surface area (Å²) in [6.45, 7) is 4.73. The van der Waals surface area contributed by atoms with Gasteiger partial charge in [0.15, 0.2) is 17.1 Å². The number of benzene rings is 2. The van der Waals surface area contributed by atoms with Crippen LogP contribution < -0.4 is 9.47 Å². The van der Waals surface area contributed by atoms with Crippen molar-refractivity contribution in [1.29, 1.82) is 0 Å². The molecule has 0 N–H and O–H groups in total. The minimum atomic E-state index is -0.0782. The summed E-state index contributed by atoms with van der Waals surface area (Å²) in [6, 6.07) is 12.1. The first-order chi connectivity index (χ1) is 15.1. The lowest BCUT2D eigenvalue weighted by atomic mass is 9.99. The highest BCUT2D eigenvalue weighted by molar-refractivity contribution is 6.05. The molecule has 2 aromatic carbocycles. The largest absolute Gasteiger partial charge is 0.487 e. The molecule has 2 heterocycles. The summed E-state index contributed by atoms with van der Waals surface area (Å²) in [5, 5.41) is 8.60. The fourth-order valence-corrected chi connectivity index (χ4v) is 3.68. The lowest BCUT2D eigenvalue weighted by Crippen LogP contribution is -2.13. The van der Waals surface area contributed by atoms with Gasteiger partial charge in [0.2, 0.25) is 5.75 Å². The van der Waals surface area contributed by atoms with Gasteiger partial charge in [-0.25, -0.2) is 4.68 Å². The molecule has 4 rings (SSSR count). The highest BCUT2D eigenvalue weighted by Gasteiger charge is 2.24. The summed E-state index contributed by atoms with van der Waals surface area (Å²) < 4.78 is 19.6. The summed E-state index contributed by atoms with van der Waals surface area (Å²) in [5.74, 6) is 0.820. The van der Waals surface area contributed by atoms with Crippen LogP contribution >= 0.6 is 0 Å². The predicted molar refractivity (Wildman–Crippen MR) is 117 cm³/mol. The number of aromatic nitrogens is 3. The normalized spacial score (nSPS) is 11.0. The molecule has 0 spiro atoms. The number of furan rings is 1. The van der Waals surface area contributed by atoms with Gasteiger partial charge < -0.3 is 13.9 Å². The number of nitrogens with zero attached hydrogens (tertiary/aromatic N) is 3. The van der Waals surface area contributed by atoms with E-state index >= 15 is 0 Å². The first kappa shape index (κ1) is 20.7. The molecule has 0 aliphatic heterocycles. The van der Waals surface area contributed by atoms with E-state index in [1.54, 1.807) is 23.3 Å². The van der Waals surface area contributed by atoms with Crippen LogP contribution in [0.15, 0.2) is 59.5 Å². The number of fused-ring (bicyclic) bond motifs is 1. The second-order valence-corrected chi connectivity index (χ2v) is 7.33. The van der Waals surface area contributed by atoms with Crippen molar-refractivity contribution in [3.05, 3.63) is 71.7 Å². The molecule has 0 unspecified atom stereocenters. The molecule has 4 aromatic rings. The van der Waals surface area contributed by atoms with Crippen LogP contribution in [-0.2, 0) is 13.0 Å². The summed E-state index contributed by atoms with van der Waals surface area (Å²) in [5.41, 5.74) is 3.19. The topological polar surface area (TPSA) is 79.4 Å². The van der Waals surface area contributed by atoms with Crippen LogP contribution in [0.25, 0.3) is 11.0 Å². The fourth-order valence-electron chi connectivity index (χ4n) is 3.68. The van der Waals surface area contributed by atoms with Gasteiger partial charge in [-0.3, -0.25) is 4.79 Å². The van der Waals surface area contributed by atoms with Crippen molar-refractivity contribution in [2.75, 3.05) is 13.2 Å². The van der Waals surface area contributed by atoms with Gasteiger partial charge in [0.1, 0.15) is 6.61 Å². The molecule has 0 aliphatic rings. The number of aryl methyl sites for hydroxylation is 2. The Morgan fingerprint density at radius 3 is 2.65 bits per heavy atom. The van der Waals surface area contributed by atoms with Crippen molar-refractivity contribution in [3.8, 4) is 11.5 Å². The third-order valence-electron chi connectivity index (χ3n) is 5.17. The lowest BCUT2D eigenvalue weighted by Gasteiger charge is -2.18. The van der Waals surface area contributed by atoms with Crippen molar-refractivity contribution in [3.63, 3.8) is 0 Å². The van der Waals surface area contributed by atoms with E-state index in [0.717, 1.165) is 23.8 Å². The van der Waals surface area contributed by atoms with E-state index in [1.807, 2.05) is 31.2 Å².